The SMILES string of the molecule is CC(=O)NCCn1cc(-c2cccc3c2-c2ccccc2C3(O)C(F)(F)F)cn1. The van der Waals surface area contributed by atoms with Crippen molar-refractivity contribution in [3.8, 4) is 22.3 Å². The van der Waals surface area contributed by atoms with Crippen LogP contribution in [0.5, 0.6) is 0 Å². The van der Waals surface area contributed by atoms with Crippen LogP contribution in [0.4, 0.5) is 13.2 Å². The quantitative estimate of drug-likeness (QED) is 0.704. The molecule has 1 unspecified atom stereocenters. The van der Waals surface area contributed by atoms with Crippen LogP contribution < -0.4 is 5.32 Å². The van der Waals surface area contributed by atoms with Gasteiger partial charge < -0.3 is 10.4 Å². The smallest absolute Gasteiger partial charge is 0.372 e. The van der Waals surface area contributed by atoms with Gasteiger partial charge >= 0.3 is 6.18 Å². The predicted molar refractivity (Wildman–Crippen MR) is 101 cm³/mol. The minimum atomic E-state index is -4.87. The summed E-state index contributed by atoms with van der Waals surface area (Å²) in [6.07, 6.45) is -1.59. The Kier molecular flexibility index (Phi) is 4.46. The molecule has 5 nitrogen and oxygen atoms in total. The van der Waals surface area contributed by atoms with Gasteiger partial charge in [0, 0.05) is 36.4 Å². The third-order valence-electron chi connectivity index (χ3n) is 5.11. The molecule has 3 aromatic rings. The minimum absolute atomic E-state index is 0.152. The number of rotatable bonds is 4. The summed E-state index contributed by atoms with van der Waals surface area (Å²) in [5.74, 6) is -0.152. The van der Waals surface area contributed by atoms with E-state index in [-0.39, 0.29) is 17.0 Å². The van der Waals surface area contributed by atoms with E-state index in [2.05, 4.69) is 10.4 Å². The zero-order valence-corrected chi connectivity index (χ0v) is 15.5. The van der Waals surface area contributed by atoms with E-state index in [1.165, 1.54) is 31.2 Å². The average Bonchev–Trinajstić information content (AvgIpc) is 3.24. The van der Waals surface area contributed by atoms with Gasteiger partial charge in [0.2, 0.25) is 11.5 Å². The fraction of sp³-hybridized carbons (Fsp3) is 0.238. The summed E-state index contributed by atoms with van der Waals surface area (Å²) in [5, 5.41) is 17.7. The third-order valence-corrected chi connectivity index (χ3v) is 5.11. The Morgan fingerprint density at radius 3 is 2.55 bits per heavy atom. The van der Waals surface area contributed by atoms with Crippen LogP contribution in [-0.4, -0.2) is 33.5 Å². The van der Waals surface area contributed by atoms with Crippen LogP contribution >= 0.6 is 0 Å². The molecule has 1 aliphatic carbocycles. The molecule has 1 atom stereocenters. The first-order valence-corrected chi connectivity index (χ1v) is 9.03. The molecule has 0 saturated heterocycles. The van der Waals surface area contributed by atoms with Gasteiger partial charge in [-0.3, -0.25) is 9.48 Å². The number of carbonyl (C=O) groups is 1. The van der Waals surface area contributed by atoms with Crippen LogP contribution in [0.1, 0.15) is 18.1 Å². The lowest BCUT2D eigenvalue weighted by Gasteiger charge is -2.28. The maximum absolute atomic E-state index is 13.9. The van der Waals surface area contributed by atoms with Crippen LogP contribution in [0.3, 0.4) is 0 Å². The second-order valence-electron chi connectivity index (χ2n) is 6.96. The monoisotopic (exact) mass is 401 g/mol. The molecule has 4 rings (SSSR count). The first kappa shape index (κ1) is 19.2. The molecule has 1 aliphatic rings. The van der Waals surface area contributed by atoms with Crippen molar-refractivity contribution in [2.24, 2.45) is 0 Å². The summed E-state index contributed by atoms with van der Waals surface area (Å²) in [7, 11) is 0. The molecule has 1 amide bonds. The highest BCUT2D eigenvalue weighted by atomic mass is 19.4. The number of hydrogen-bond acceptors (Lipinski definition) is 3. The summed E-state index contributed by atoms with van der Waals surface area (Å²) in [5.41, 5.74) is -1.53. The van der Waals surface area contributed by atoms with Crippen molar-refractivity contribution in [2.75, 3.05) is 6.54 Å². The summed E-state index contributed by atoms with van der Waals surface area (Å²) in [4.78, 5) is 11.0. The van der Waals surface area contributed by atoms with Gasteiger partial charge in [-0.25, -0.2) is 0 Å². The first-order valence-electron chi connectivity index (χ1n) is 9.03. The Balaban J connectivity index is 1.81. The van der Waals surface area contributed by atoms with Gasteiger partial charge in [0.05, 0.1) is 12.7 Å². The molecular formula is C21H18F3N3O2. The number of amides is 1. The lowest BCUT2D eigenvalue weighted by atomic mass is 9.89. The topological polar surface area (TPSA) is 67.2 Å². The van der Waals surface area contributed by atoms with Gasteiger partial charge in [-0.05, 0) is 16.7 Å². The van der Waals surface area contributed by atoms with Gasteiger partial charge in [-0.1, -0.05) is 42.5 Å². The number of halogens is 3. The van der Waals surface area contributed by atoms with E-state index in [4.69, 9.17) is 0 Å². The van der Waals surface area contributed by atoms with Gasteiger partial charge in [0.25, 0.3) is 0 Å². The highest BCUT2D eigenvalue weighted by molar-refractivity contribution is 5.92. The molecule has 2 aromatic carbocycles. The molecule has 150 valence electrons. The lowest BCUT2D eigenvalue weighted by molar-refractivity contribution is -0.246. The molecule has 0 aliphatic heterocycles. The van der Waals surface area contributed by atoms with E-state index in [0.29, 0.717) is 35.3 Å². The van der Waals surface area contributed by atoms with Crippen molar-refractivity contribution < 1.29 is 23.1 Å². The average molecular weight is 401 g/mol. The molecule has 0 saturated carbocycles. The number of nitrogens with zero attached hydrogens (tertiary/aromatic N) is 2. The van der Waals surface area contributed by atoms with Crippen molar-refractivity contribution in [3.63, 3.8) is 0 Å². The largest absolute Gasteiger partial charge is 0.425 e. The Morgan fingerprint density at radius 1 is 1.14 bits per heavy atom. The van der Waals surface area contributed by atoms with Gasteiger partial charge in [-0.2, -0.15) is 18.3 Å². The Labute approximate surface area is 164 Å². The molecule has 0 spiro atoms. The van der Waals surface area contributed by atoms with E-state index in [1.807, 2.05) is 0 Å². The number of hydrogen-bond donors (Lipinski definition) is 2. The van der Waals surface area contributed by atoms with Crippen molar-refractivity contribution >= 4 is 5.91 Å². The molecule has 29 heavy (non-hydrogen) atoms. The second-order valence-corrected chi connectivity index (χ2v) is 6.96. The van der Waals surface area contributed by atoms with Crippen LogP contribution in [0, 0.1) is 0 Å². The van der Waals surface area contributed by atoms with Gasteiger partial charge in [0.15, 0.2) is 0 Å². The predicted octanol–water partition coefficient (Wildman–Crippen LogP) is 3.46. The van der Waals surface area contributed by atoms with Crippen molar-refractivity contribution in [1.82, 2.24) is 15.1 Å². The fourth-order valence-electron chi connectivity index (χ4n) is 3.82. The maximum atomic E-state index is 13.9. The molecule has 2 N–H and O–H groups in total. The van der Waals surface area contributed by atoms with Crippen LogP contribution in [0.25, 0.3) is 22.3 Å². The van der Waals surface area contributed by atoms with Crippen LogP contribution in [0.2, 0.25) is 0 Å². The van der Waals surface area contributed by atoms with Crippen molar-refractivity contribution in [2.45, 2.75) is 25.2 Å². The molecule has 0 fully saturated rings. The second kappa shape index (κ2) is 6.73. The molecule has 1 aromatic heterocycles. The molecule has 1 heterocycles. The zero-order valence-electron chi connectivity index (χ0n) is 15.5. The number of nitrogens with one attached hydrogen (secondary N) is 1. The highest BCUT2D eigenvalue weighted by Gasteiger charge is 2.61. The van der Waals surface area contributed by atoms with E-state index in [9.17, 15) is 23.1 Å². The molecule has 0 bridgehead atoms. The molecule has 8 heteroatoms. The fourth-order valence-corrected chi connectivity index (χ4v) is 3.82. The first-order chi connectivity index (χ1) is 13.7. The number of alkyl halides is 3. The van der Waals surface area contributed by atoms with E-state index in [1.54, 1.807) is 35.3 Å². The lowest BCUT2D eigenvalue weighted by Crippen LogP contribution is -2.41. The Bertz CT molecular complexity index is 1090. The number of aromatic nitrogens is 2. The van der Waals surface area contributed by atoms with E-state index in [0.717, 1.165) is 0 Å². The number of benzene rings is 2. The van der Waals surface area contributed by atoms with Crippen LogP contribution in [0.15, 0.2) is 54.9 Å². The summed E-state index contributed by atoms with van der Waals surface area (Å²) in [6, 6.07) is 10.6. The van der Waals surface area contributed by atoms with Crippen molar-refractivity contribution in [3.05, 3.63) is 66.0 Å². The van der Waals surface area contributed by atoms with Crippen LogP contribution in [-0.2, 0) is 16.9 Å². The highest BCUT2D eigenvalue weighted by Crippen LogP contribution is 2.56. The Morgan fingerprint density at radius 2 is 1.83 bits per heavy atom. The number of aliphatic hydroxyl groups is 1. The summed E-state index contributed by atoms with van der Waals surface area (Å²) in [6.45, 7) is 2.23. The van der Waals surface area contributed by atoms with Gasteiger partial charge in [0.1, 0.15) is 0 Å². The summed E-state index contributed by atoms with van der Waals surface area (Å²) >= 11 is 0. The molecular weight excluding hydrogens is 383 g/mol. The van der Waals surface area contributed by atoms with E-state index < -0.39 is 11.8 Å². The minimum Gasteiger partial charge on any atom is -0.372 e. The van der Waals surface area contributed by atoms with Crippen molar-refractivity contribution in [1.29, 1.82) is 0 Å². The maximum Gasteiger partial charge on any atom is 0.425 e. The zero-order chi connectivity index (χ0) is 20.8. The van der Waals surface area contributed by atoms with E-state index >= 15 is 0 Å². The molecule has 0 radical (unpaired) electrons. The summed E-state index contributed by atoms with van der Waals surface area (Å²) < 4.78 is 43.4. The Hall–Kier alpha value is -3.13. The number of fused-ring (bicyclic) bond motifs is 3. The standard InChI is InChI=1S/C21H18F3N3O2/c1-13(28)25-9-10-27-12-14(11-26-27)15-6-4-8-18-19(15)16-5-2-3-7-17(16)20(18,29)21(22,23)24/h2-8,11-12,29H,9-10H2,1H3,(H,25,28). The van der Waals surface area contributed by atoms with Gasteiger partial charge in [-0.15, -0.1) is 0 Å². The normalized spacial score (nSPS) is 17.7. The number of carbonyl (C=O) groups excluding carboxylic acids is 1. The third kappa shape index (κ3) is 3.00.